The van der Waals surface area contributed by atoms with Gasteiger partial charge in [0.1, 0.15) is 6.61 Å². The Bertz CT molecular complexity index is 78.4. The summed E-state index contributed by atoms with van der Waals surface area (Å²) in [7, 11) is 0.870. The molecule has 2 unspecified atom stereocenters. The van der Waals surface area contributed by atoms with E-state index in [1.54, 1.807) is 0 Å². The molecule has 0 radical (unpaired) electrons. The summed E-state index contributed by atoms with van der Waals surface area (Å²) < 4.78 is 15.7. The van der Waals surface area contributed by atoms with Gasteiger partial charge in [0.2, 0.25) is 4.58 Å². The topological polar surface area (TPSA) is 32.3 Å². The highest BCUT2D eigenvalue weighted by atomic mass is 33.2. The van der Waals surface area contributed by atoms with E-state index in [0.717, 1.165) is 6.61 Å². The lowest BCUT2D eigenvalue weighted by molar-refractivity contribution is 0.161. The van der Waals surface area contributed by atoms with Gasteiger partial charge in [-0.25, -0.2) is 0 Å². The number of hydrogen-bond donors (Lipinski definition) is 0. The molecule has 1 fully saturated rings. The maximum atomic E-state index is 10.4. The molecule has 0 saturated carbocycles. The summed E-state index contributed by atoms with van der Waals surface area (Å²) in [4.78, 5) is 0. The summed E-state index contributed by atoms with van der Waals surface area (Å²) in [6.45, 7) is 3.33. The van der Waals surface area contributed by atoms with Crippen molar-refractivity contribution in [3.8, 4) is 0 Å². The van der Waals surface area contributed by atoms with Crippen molar-refractivity contribution >= 4 is 21.0 Å². The van der Waals surface area contributed by atoms with E-state index in [2.05, 4.69) is 0 Å². The maximum absolute atomic E-state index is 10.4. The Morgan fingerprint density at radius 3 is 2.88 bits per heavy atom. The fourth-order valence-electron chi connectivity index (χ4n) is 0.381. The molecule has 4 heteroatoms. The van der Waals surface area contributed by atoms with Crippen LogP contribution in [0.25, 0.3) is 0 Å². The van der Waals surface area contributed by atoms with Crippen LogP contribution in [0.15, 0.2) is 0 Å². The van der Waals surface area contributed by atoms with Crippen LogP contribution in [0.4, 0.5) is 0 Å². The predicted molar refractivity (Wildman–Crippen MR) is 36.0 cm³/mol. The van der Waals surface area contributed by atoms with E-state index in [1.807, 2.05) is 6.92 Å². The summed E-state index contributed by atoms with van der Waals surface area (Å²) in [5.74, 6) is 0. The molecule has 1 heterocycles. The summed E-state index contributed by atoms with van der Waals surface area (Å²) in [6, 6.07) is 0. The van der Waals surface area contributed by atoms with Crippen molar-refractivity contribution in [1.82, 2.24) is 0 Å². The first-order chi connectivity index (χ1) is 3.84. The van der Waals surface area contributed by atoms with Gasteiger partial charge in [0.15, 0.2) is 10.8 Å². The van der Waals surface area contributed by atoms with Crippen LogP contribution >= 0.6 is 10.8 Å². The monoisotopic (exact) mass is 152 g/mol. The average molecular weight is 152 g/mol. The normalized spacial score (nSPS) is 35.2. The summed E-state index contributed by atoms with van der Waals surface area (Å²) in [5, 5.41) is 0. The van der Waals surface area contributed by atoms with E-state index < -0.39 is 10.2 Å². The van der Waals surface area contributed by atoms with Gasteiger partial charge in [0.25, 0.3) is 0 Å². The van der Waals surface area contributed by atoms with E-state index >= 15 is 0 Å². The first-order valence-electron chi connectivity index (χ1n) is 2.50. The van der Waals surface area contributed by atoms with Crippen molar-refractivity contribution in [2.45, 2.75) is 11.5 Å². The lowest BCUT2D eigenvalue weighted by Crippen LogP contribution is -2.00. The van der Waals surface area contributed by atoms with Crippen LogP contribution < -0.4 is 0 Å². The molecular formula is C4H8O2S2. The van der Waals surface area contributed by atoms with Gasteiger partial charge in [-0.3, -0.25) is 0 Å². The fourth-order valence-corrected chi connectivity index (χ4v) is 2.03. The van der Waals surface area contributed by atoms with Gasteiger partial charge < -0.3 is 9.29 Å². The fraction of sp³-hybridized carbons (Fsp3) is 1.00. The Morgan fingerprint density at radius 2 is 2.50 bits per heavy atom. The summed E-state index contributed by atoms with van der Waals surface area (Å²) >= 11 is 0. The van der Waals surface area contributed by atoms with Crippen LogP contribution in [-0.4, -0.2) is 22.3 Å². The Balaban J connectivity index is 1.89. The largest absolute Gasteiger partial charge is 0.604 e. The molecule has 48 valence electrons. The summed E-state index contributed by atoms with van der Waals surface area (Å²) in [5.41, 5.74) is 0. The van der Waals surface area contributed by atoms with Crippen LogP contribution in [0, 0.1) is 0 Å². The van der Waals surface area contributed by atoms with Crippen LogP contribution in [0.3, 0.4) is 0 Å². The molecule has 0 bridgehead atoms. The molecule has 1 aliphatic heterocycles. The van der Waals surface area contributed by atoms with Gasteiger partial charge in [-0.2, -0.15) is 0 Å². The highest BCUT2D eigenvalue weighted by molar-refractivity contribution is 8.88. The van der Waals surface area contributed by atoms with E-state index in [4.69, 9.17) is 4.74 Å². The molecular weight excluding hydrogens is 144 g/mol. The van der Waals surface area contributed by atoms with Gasteiger partial charge in [-0.15, -0.1) is 0 Å². The number of ether oxygens (including phenoxy) is 1. The third kappa shape index (κ3) is 1.85. The SMILES string of the molecule is CCOCC1S[S+]1[O-]. The second-order valence-corrected chi connectivity index (χ2v) is 5.16. The minimum atomic E-state index is -0.609. The Labute approximate surface area is 55.6 Å². The minimum Gasteiger partial charge on any atom is -0.604 e. The Hall–Kier alpha value is 0.620. The third-order valence-corrected chi connectivity index (χ3v) is 3.73. The zero-order valence-corrected chi connectivity index (χ0v) is 6.26. The average Bonchev–Trinajstić information content (AvgIpc) is 2.42. The second kappa shape index (κ2) is 2.96. The van der Waals surface area contributed by atoms with E-state index in [1.165, 1.54) is 10.8 Å². The summed E-state index contributed by atoms with van der Waals surface area (Å²) in [6.07, 6.45) is 0. The van der Waals surface area contributed by atoms with Gasteiger partial charge in [-0.05, 0) is 6.92 Å². The molecule has 0 aromatic rings. The molecule has 0 spiro atoms. The highest BCUT2D eigenvalue weighted by Gasteiger charge is 2.45. The molecule has 2 nitrogen and oxygen atoms in total. The lowest BCUT2D eigenvalue weighted by atomic mass is 10.8. The first-order valence-corrected chi connectivity index (χ1v) is 5.11. The van der Waals surface area contributed by atoms with E-state index in [-0.39, 0.29) is 4.58 Å². The van der Waals surface area contributed by atoms with E-state index in [0.29, 0.717) is 6.61 Å². The molecule has 1 saturated heterocycles. The van der Waals surface area contributed by atoms with Crippen molar-refractivity contribution in [3.63, 3.8) is 0 Å². The molecule has 0 aromatic heterocycles. The van der Waals surface area contributed by atoms with Crippen molar-refractivity contribution in [2.24, 2.45) is 0 Å². The molecule has 0 N–H and O–H groups in total. The Kier molecular flexibility index (Phi) is 2.49. The number of rotatable bonds is 3. The van der Waals surface area contributed by atoms with Crippen LogP contribution in [-0.2, 0) is 14.9 Å². The molecule has 0 aromatic carbocycles. The van der Waals surface area contributed by atoms with Crippen molar-refractivity contribution < 1.29 is 9.29 Å². The van der Waals surface area contributed by atoms with Gasteiger partial charge in [-0.1, -0.05) is 0 Å². The highest BCUT2D eigenvalue weighted by Crippen LogP contribution is 2.43. The third-order valence-electron chi connectivity index (χ3n) is 0.837. The van der Waals surface area contributed by atoms with E-state index in [9.17, 15) is 4.55 Å². The molecule has 2 atom stereocenters. The number of hydrogen-bond acceptors (Lipinski definition) is 3. The quantitative estimate of drug-likeness (QED) is 0.340. The molecule has 0 aliphatic carbocycles. The minimum absolute atomic E-state index is 0.287. The zero-order valence-electron chi connectivity index (χ0n) is 4.62. The van der Waals surface area contributed by atoms with Crippen LogP contribution in [0.2, 0.25) is 0 Å². The van der Waals surface area contributed by atoms with Crippen LogP contribution in [0.5, 0.6) is 0 Å². The van der Waals surface area contributed by atoms with Crippen molar-refractivity contribution in [2.75, 3.05) is 13.2 Å². The zero-order chi connectivity index (χ0) is 5.98. The van der Waals surface area contributed by atoms with Crippen LogP contribution in [0.1, 0.15) is 6.92 Å². The first kappa shape index (κ1) is 6.74. The van der Waals surface area contributed by atoms with Crippen molar-refractivity contribution in [1.29, 1.82) is 0 Å². The lowest BCUT2D eigenvalue weighted by Gasteiger charge is -1.90. The van der Waals surface area contributed by atoms with Gasteiger partial charge >= 0.3 is 0 Å². The molecule has 1 aliphatic rings. The standard InChI is InChI=1S/C4H8O2S2/c1-2-6-3-4-7-8(4)5/h4H,2-3H2,1H3. The predicted octanol–water partition coefficient (Wildman–Crippen LogP) is 0.760. The maximum Gasteiger partial charge on any atom is 0.243 e. The molecule has 8 heavy (non-hydrogen) atoms. The van der Waals surface area contributed by atoms with Crippen molar-refractivity contribution in [3.05, 3.63) is 0 Å². The Morgan fingerprint density at radius 1 is 1.88 bits per heavy atom. The second-order valence-electron chi connectivity index (χ2n) is 1.45. The van der Waals surface area contributed by atoms with Gasteiger partial charge in [0, 0.05) is 16.8 Å². The smallest absolute Gasteiger partial charge is 0.243 e. The van der Waals surface area contributed by atoms with Gasteiger partial charge in [0.05, 0.1) is 0 Å². The molecule has 0 amide bonds. The molecule has 1 rings (SSSR count).